The van der Waals surface area contributed by atoms with E-state index in [1.807, 2.05) is 18.2 Å². The predicted octanol–water partition coefficient (Wildman–Crippen LogP) is 6.18. The smallest absolute Gasteiger partial charge is 0.300 e. The number of imidazole rings is 1. The van der Waals surface area contributed by atoms with Gasteiger partial charge in [0, 0.05) is 36.3 Å². The maximum Gasteiger partial charge on any atom is 0.300 e. The van der Waals surface area contributed by atoms with E-state index in [9.17, 15) is 43.3 Å². The fraction of sp³-hybridized carbons (Fsp3) is 0.476. The maximum absolute atomic E-state index is 14.6. The van der Waals surface area contributed by atoms with Crippen molar-refractivity contribution < 1.29 is 33.0 Å². The van der Waals surface area contributed by atoms with E-state index in [0.717, 1.165) is 49.3 Å². The first kappa shape index (κ1) is 45.9. The van der Waals surface area contributed by atoms with Crippen molar-refractivity contribution in [2.24, 2.45) is 11.8 Å². The van der Waals surface area contributed by atoms with Crippen LogP contribution in [0.25, 0.3) is 5.69 Å². The van der Waals surface area contributed by atoms with E-state index in [-0.39, 0.29) is 30.1 Å². The minimum Gasteiger partial charge on any atom is -0.391 e. The number of hydrogen-bond acceptors (Lipinski definition) is 12. The number of aliphatic hydroxyl groups is 1. The molecule has 2 heterocycles. The SMILES string of the molecule is CC(C)(C)S(=O)(=O)C[C@H](Cc1ccccc1)C(=O)N[C@@H](Cc1cncn1-c1ccc([N+](=O)[O-])cc1[N+](=O)[O-])C(=O)N[C@@H](CC1CCCCC1)[C@@H](O)CCSc1ccccn1. The summed E-state index contributed by atoms with van der Waals surface area (Å²) in [5, 5.41) is 41.9. The molecule has 4 aromatic rings. The highest BCUT2D eigenvalue weighted by Crippen LogP contribution is 2.31. The number of nitrogens with one attached hydrogen (secondary N) is 2. The van der Waals surface area contributed by atoms with Gasteiger partial charge in [-0.15, -0.1) is 11.8 Å². The van der Waals surface area contributed by atoms with Crippen molar-refractivity contribution in [1.29, 1.82) is 0 Å². The molecular formula is C42H53N7O9S2. The summed E-state index contributed by atoms with van der Waals surface area (Å²) in [6, 6.07) is 15.6. The highest BCUT2D eigenvalue weighted by atomic mass is 32.2. The van der Waals surface area contributed by atoms with Gasteiger partial charge in [-0.25, -0.2) is 18.4 Å². The lowest BCUT2D eigenvalue weighted by Gasteiger charge is -2.32. The van der Waals surface area contributed by atoms with Gasteiger partial charge in [-0.05, 0) is 69.7 Å². The van der Waals surface area contributed by atoms with Crippen LogP contribution in [0, 0.1) is 32.1 Å². The number of amides is 2. The number of rotatable bonds is 20. The monoisotopic (exact) mass is 863 g/mol. The largest absolute Gasteiger partial charge is 0.391 e. The first-order valence-corrected chi connectivity index (χ1v) is 22.7. The molecule has 0 radical (unpaired) electrons. The zero-order valence-corrected chi connectivity index (χ0v) is 35.6. The Labute approximate surface area is 354 Å². The predicted molar refractivity (Wildman–Crippen MR) is 228 cm³/mol. The quantitative estimate of drug-likeness (QED) is 0.0514. The maximum atomic E-state index is 14.6. The van der Waals surface area contributed by atoms with Crippen molar-refractivity contribution in [1.82, 2.24) is 25.2 Å². The van der Waals surface area contributed by atoms with E-state index in [0.29, 0.717) is 24.2 Å². The third-order valence-corrected chi connectivity index (χ3v) is 14.5. The summed E-state index contributed by atoms with van der Waals surface area (Å²) >= 11 is 1.48. The van der Waals surface area contributed by atoms with Gasteiger partial charge in [0.15, 0.2) is 9.84 Å². The topological polar surface area (TPSA) is 230 Å². The standard InChI is InChI=1S/C42H53N7O9S2/c1-42(2,3)60(57,58)27-31(22-29-12-6-4-7-13-29)40(51)46-35(24-33-26-43-28-47(33)36-18-17-32(48(53)54)25-37(36)49(55)56)41(52)45-34(23-30-14-8-5-9-15-30)38(50)19-21-59-39-16-10-11-20-44-39/h4,6-7,10-13,16-18,20,25-26,28,30-31,34-35,38,50H,5,8-9,14-15,19,21-24,27H2,1-3H3,(H,45,52)(H,46,51)/t31-,34-,35-,38-/m0/s1. The molecule has 0 saturated heterocycles. The number of carbonyl (C=O) groups excluding carboxylic acids is 2. The molecule has 1 saturated carbocycles. The molecule has 3 N–H and O–H groups in total. The van der Waals surface area contributed by atoms with Crippen LogP contribution in [-0.2, 0) is 32.3 Å². The molecular weight excluding hydrogens is 811 g/mol. The molecule has 2 aromatic heterocycles. The molecule has 18 heteroatoms. The molecule has 0 aliphatic heterocycles. The molecule has 60 heavy (non-hydrogen) atoms. The average molecular weight is 864 g/mol. The Hall–Kier alpha value is -5.20. The Bertz CT molecular complexity index is 2190. The lowest BCUT2D eigenvalue weighted by Crippen LogP contribution is -2.55. The summed E-state index contributed by atoms with van der Waals surface area (Å²) in [5.41, 5.74) is -0.177. The van der Waals surface area contributed by atoms with Gasteiger partial charge in [-0.1, -0.05) is 68.5 Å². The lowest BCUT2D eigenvalue weighted by atomic mass is 9.83. The average Bonchev–Trinajstić information content (AvgIpc) is 3.68. The van der Waals surface area contributed by atoms with E-state index < -0.39 is 77.5 Å². The van der Waals surface area contributed by atoms with Gasteiger partial charge in [0.25, 0.3) is 11.4 Å². The van der Waals surface area contributed by atoms with Crippen molar-refractivity contribution in [2.45, 2.75) is 107 Å². The lowest BCUT2D eigenvalue weighted by molar-refractivity contribution is -0.394. The minimum absolute atomic E-state index is 0.0558. The zero-order chi connectivity index (χ0) is 43.5. The molecule has 1 aliphatic rings. The van der Waals surface area contributed by atoms with E-state index >= 15 is 0 Å². The number of benzene rings is 2. The summed E-state index contributed by atoms with van der Waals surface area (Å²) < 4.78 is 27.3. The van der Waals surface area contributed by atoms with Crippen molar-refractivity contribution in [3.63, 3.8) is 0 Å². The van der Waals surface area contributed by atoms with Crippen LogP contribution < -0.4 is 10.6 Å². The molecule has 4 atom stereocenters. The van der Waals surface area contributed by atoms with Gasteiger partial charge in [0.1, 0.15) is 11.7 Å². The number of nitro benzene ring substituents is 2. The third kappa shape index (κ3) is 12.7. The van der Waals surface area contributed by atoms with Crippen LogP contribution >= 0.6 is 11.8 Å². The van der Waals surface area contributed by atoms with Crippen LogP contribution in [0.3, 0.4) is 0 Å². The number of aliphatic hydroxyl groups excluding tert-OH is 1. The Balaban J connectivity index is 1.49. The normalized spacial score (nSPS) is 15.7. The Morgan fingerprint density at radius 1 is 0.950 bits per heavy atom. The van der Waals surface area contributed by atoms with Crippen LogP contribution in [0.5, 0.6) is 0 Å². The summed E-state index contributed by atoms with van der Waals surface area (Å²) in [6.07, 6.45) is 9.05. The molecule has 2 aromatic carbocycles. The van der Waals surface area contributed by atoms with Crippen LogP contribution in [-0.4, -0.2) is 84.2 Å². The van der Waals surface area contributed by atoms with Gasteiger partial charge in [0.05, 0.1) is 55.8 Å². The van der Waals surface area contributed by atoms with Crippen molar-refractivity contribution in [3.8, 4) is 5.69 Å². The van der Waals surface area contributed by atoms with Crippen molar-refractivity contribution >= 4 is 44.8 Å². The second-order valence-corrected chi connectivity index (χ2v) is 20.1. The van der Waals surface area contributed by atoms with Crippen molar-refractivity contribution in [2.75, 3.05) is 11.5 Å². The van der Waals surface area contributed by atoms with Gasteiger partial charge in [-0.3, -0.25) is 34.4 Å². The summed E-state index contributed by atoms with van der Waals surface area (Å²) in [4.78, 5) is 59.7. The Kier molecular flexibility index (Phi) is 15.9. The number of nitro groups is 2. The molecule has 322 valence electrons. The number of sulfone groups is 1. The fourth-order valence-electron chi connectivity index (χ4n) is 7.31. The Morgan fingerprint density at radius 3 is 2.32 bits per heavy atom. The Morgan fingerprint density at radius 2 is 1.67 bits per heavy atom. The molecule has 0 spiro atoms. The third-order valence-electron chi connectivity index (χ3n) is 10.8. The van der Waals surface area contributed by atoms with E-state index in [1.165, 1.54) is 34.9 Å². The van der Waals surface area contributed by atoms with Crippen LogP contribution in [0.4, 0.5) is 11.4 Å². The van der Waals surface area contributed by atoms with E-state index in [2.05, 4.69) is 20.6 Å². The molecule has 0 bridgehead atoms. The van der Waals surface area contributed by atoms with Crippen LogP contribution in [0.2, 0.25) is 0 Å². The van der Waals surface area contributed by atoms with E-state index in [1.54, 1.807) is 57.3 Å². The fourth-order valence-corrected chi connectivity index (χ4v) is 9.49. The zero-order valence-electron chi connectivity index (χ0n) is 34.0. The highest BCUT2D eigenvalue weighted by Gasteiger charge is 2.37. The van der Waals surface area contributed by atoms with E-state index in [4.69, 9.17) is 0 Å². The van der Waals surface area contributed by atoms with Gasteiger partial charge in [0.2, 0.25) is 11.8 Å². The minimum atomic E-state index is -3.84. The summed E-state index contributed by atoms with van der Waals surface area (Å²) in [5.74, 6) is -2.20. The number of thioether (sulfide) groups is 1. The number of pyridine rings is 1. The first-order valence-electron chi connectivity index (χ1n) is 20.1. The van der Waals surface area contributed by atoms with Crippen molar-refractivity contribution in [3.05, 3.63) is 117 Å². The number of non-ortho nitro benzene ring substituents is 1. The summed E-state index contributed by atoms with van der Waals surface area (Å²) in [7, 11) is -3.84. The molecule has 5 rings (SSSR count). The van der Waals surface area contributed by atoms with Crippen LogP contribution in [0.15, 0.2) is 90.5 Å². The van der Waals surface area contributed by atoms with Crippen LogP contribution in [0.1, 0.15) is 77.0 Å². The highest BCUT2D eigenvalue weighted by molar-refractivity contribution is 7.99. The molecule has 1 aliphatic carbocycles. The second-order valence-electron chi connectivity index (χ2n) is 16.2. The molecule has 0 unspecified atom stereocenters. The van der Waals surface area contributed by atoms with Gasteiger partial charge in [-0.2, -0.15) is 0 Å². The number of nitrogens with zero attached hydrogens (tertiary/aromatic N) is 5. The first-order chi connectivity index (χ1) is 28.5. The summed E-state index contributed by atoms with van der Waals surface area (Å²) in [6.45, 7) is 4.67. The van der Waals surface area contributed by atoms with Gasteiger partial charge >= 0.3 is 0 Å². The molecule has 2 amide bonds. The molecule has 1 fully saturated rings. The second kappa shape index (κ2) is 20.9. The number of aromatic nitrogens is 3. The molecule has 16 nitrogen and oxygen atoms in total. The van der Waals surface area contributed by atoms with Gasteiger partial charge < -0.3 is 15.7 Å². The number of carbonyl (C=O) groups is 2. The number of hydrogen-bond donors (Lipinski definition) is 3.